The van der Waals surface area contributed by atoms with E-state index in [0.29, 0.717) is 18.2 Å². The summed E-state index contributed by atoms with van der Waals surface area (Å²) >= 11 is 5.78. The molecule has 0 saturated heterocycles. The zero-order valence-corrected chi connectivity index (χ0v) is 11.4. The fourth-order valence-corrected chi connectivity index (χ4v) is 1.62. The lowest BCUT2D eigenvalue weighted by molar-refractivity contribution is -0.141. The van der Waals surface area contributed by atoms with Crippen molar-refractivity contribution in [3.8, 4) is 0 Å². The number of nitrogens with zero attached hydrogens (tertiary/aromatic N) is 2. The molecule has 1 aromatic rings. The Morgan fingerprint density at radius 1 is 1.56 bits per heavy atom. The highest BCUT2D eigenvalue weighted by Gasteiger charge is 2.22. The van der Waals surface area contributed by atoms with Crippen molar-refractivity contribution in [2.75, 3.05) is 18.2 Å². The van der Waals surface area contributed by atoms with Crippen molar-refractivity contribution in [1.29, 1.82) is 0 Å². The fraction of sp³-hybridized carbons (Fsp3) is 0.545. The number of hydrogen-bond acceptors (Lipinski definition) is 6. The number of carbonyl (C=O) groups is 1. The van der Waals surface area contributed by atoms with Gasteiger partial charge in [-0.3, -0.25) is 0 Å². The van der Waals surface area contributed by atoms with Crippen LogP contribution in [-0.4, -0.2) is 29.1 Å². The van der Waals surface area contributed by atoms with Crippen LogP contribution in [0.25, 0.3) is 0 Å². The minimum atomic E-state index is -0.511. The van der Waals surface area contributed by atoms with Gasteiger partial charge in [-0.2, -0.15) is 0 Å². The van der Waals surface area contributed by atoms with Crippen LogP contribution in [0.4, 0.5) is 11.5 Å². The molecule has 1 atom stereocenters. The van der Waals surface area contributed by atoms with Gasteiger partial charge in [0.05, 0.1) is 7.11 Å². The van der Waals surface area contributed by atoms with Crippen molar-refractivity contribution in [2.24, 2.45) is 5.92 Å². The summed E-state index contributed by atoms with van der Waals surface area (Å²) in [4.78, 5) is 19.4. The highest BCUT2D eigenvalue weighted by atomic mass is 35.5. The fourth-order valence-electron chi connectivity index (χ4n) is 1.48. The lowest BCUT2D eigenvalue weighted by Gasteiger charge is -2.19. The largest absolute Gasteiger partial charge is 0.467 e. The Balaban J connectivity index is 2.88. The second-order valence-corrected chi connectivity index (χ2v) is 4.63. The highest BCUT2D eigenvalue weighted by molar-refractivity contribution is 6.32. The number of rotatable bonds is 5. The summed E-state index contributed by atoms with van der Waals surface area (Å²) in [6, 6.07) is -0.511. The van der Waals surface area contributed by atoms with Crippen LogP contribution < -0.4 is 11.1 Å². The predicted octanol–water partition coefficient (Wildman–Crippen LogP) is 1.71. The molecule has 1 rings (SSSR count). The minimum absolute atomic E-state index is 0.153. The van der Waals surface area contributed by atoms with Gasteiger partial charge in [0, 0.05) is 0 Å². The summed E-state index contributed by atoms with van der Waals surface area (Å²) in [5.74, 6) is 0.295. The smallest absolute Gasteiger partial charge is 0.328 e. The van der Waals surface area contributed by atoms with E-state index in [1.165, 1.54) is 13.4 Å². The molecule has 18 heavy (non-hydrogen) atoms. The Bertz CT molecular complexity index is 426. The Morgan fingerprint density at radius 3 is 2.78 bits per heavy atom. The quantitative estimate of drug-likeness (QED) is 0.626. The van der Waals surface area contributed by atoms with Crippen LogP contribution >= 0.6 is 11.6 Å². The van der Waals surface area contributed by atoms with Crippen molar-refractivity contribution < 1.29 is 9.53 Å². The molecule has 0 aromatic carbocycles. The highest BCUT2D eigenvalue weighted by Crippen LogP contribution is 2.23. The molecule has 7 heteroatoms. The number of ether oxygens (including phenoxy) is 1. The molecule has 0 saturated carbocycles. The Kier molecular flexibility index (Phi) is 5.15. The second-order valence-electron chi connectivity index (χ2n) is 4.28. The topological polar surface area (TPSA) is 90.1 Å². The van der Waals surface area contributed by atoms with Crippen molar-refractivity contribution >= 4 is 29.1 Å². The average Bonchev–Trinajstić information content (AvgIpc) is 2.32. The molecule has 6 nitrogen and oxygen atoms in total. The van der Waals surface area contributed by atoms with Gasteiger partial charge in [0.25, 0.3) is 0 Å². The van der Waals surface area contributed by atoms with Gasteiger partial charge in [-0.15, -0.1) is 0 Å². The number of esters is 1. The van der Waals surface area contributed by atoms with Crippen molar-refractivity contribution in [3.05, 3.63) is 11.5 Å². The number of nitrogens with one attached hydrogen (secondary N) is 1. The Hall–Kier alpha value is -1.56. The number of hydrogen-bond donors (Lipinski definition) is 2. The molecule has 0 aliphatic rings. The lowest BCUT2D eigenvalue weighted by Crippen LogP contribution is -2.32. The summed E-state index contributed by atoms with van der Waals surface area (Å²) in [5.41, 5.74) is 5.95. The van der Waals surface area contributed by atoms with E-state index in [9.17, 15) is 4.79 Å². The monoisotopic (exact) mass is 272 g/mol. The maximum Gasteiger partial charge on any atom is 0.328 e. The summed E-state index contributed by atoms with van der Waals surface area (Å²) in [6.07, 6.45) is 1.89. The predicted molar refractivity (Wildman–Crippen MR) is 70.3 cm³/mol. The van der Waals surface area contributed by atoms with Gasteiger partial charge >= 0.3 is 5.97 Å². The van der Waals surface area contributed by atoms with Gasteiger partial charge in [0.2, 0.25) is 0 Å². The number of nitrogen functional groups attached to an aromatic ring is 1. The van der Waals surface area contributed by atoms with Crippen LogP contribution in [0.5, 0.6) is 0 Å². The van der Waals surface area contributed by atoms with E-state index < -0.39 is 6.04 Å². The maximum atomic E-state index is 11.6. The van der Waals surface area contributed by atoms with E-state index in [0.717, 1.165) is 0 Å². The van der Waals surface area contributed by atoms with Crippen LogP contribution in [0.15, 0.2) is 6.33 Å². The lowest BCUT2D eigenvalue weighted by atomic mass is 10.0. The molecule has 0 spiro atoms. The molecule has 1 heterocycles. The van der Waals surface area contributed by atoms with Gasteiger partial charge in [0.15, 0.2) is 11.0 Å². The molecule has 100 valence electrons. The SMILES string of the molecule is COC(=O)C(CC(C)C)Nc1ncnc(Cl)c1N. The first kappa shape index (κ1) is 14.5. The van der Waals surface area contributed by atoms with E-state index in [-0.39, 0.29) is 16.8 Å². The standard InChI is InChI=1S/C11H17ClN4O2/c1-6(2)4-7(11(17)18-3)16-10-8(13)9(12)14-5-15-10/h5-7H,4,13H2,1-3H3,(H,14,15,16). The number of halogens is 1. The first-order valence-electron chi connectivity index (χ1n) is 5.56. The summed E-state index contributed by atoms with van der Waals surface area (Å²) in [6.45, 7) is 4.02. The molecule has 0 aliphatic carbocycles. The number of anilines is 2. The third kappa shape index (κ3) is 3.73. The van der Waals surface area contributed by atoms with Crippen molar-refractivity contribution in [1.82, 2.24) is 9.97 Å². The molecule has 0 amide bonds. The molecular formula is C11H17ClN4O2. The molecule has 0 fully saturated rings. The third-order valence-corrected chi connectivity index (χ3v) is 2.64. The Labute approximate surface area is 111 Å². The van der Waals surface area contributed by atoms with E-state index in [1.807, 2.05) is 13.8 Å². The number of aromatic nitrogens is 2. The van der Waals surface area contributed by atoms with E-state index in [2.05, 4.69) is 15.3 Å². The van der Waals surface area contributed by atoms with Crippen LogP contribution in [0.2, 0.25) is 5.15 Å². The first-order chi connectivity index (χ1) is 8.45. The van der Waals surface area contributed by atoms with Gasteiger partial charge in [-0.25, -0.2) is 14.8 Å². The molecule has 3 N–H and O–H groups in total. The van der Waals surface area contributed by atoms with Crippen LogP contribution in [0.3, 0.4) is 0 Å². The van der Waals surface area contributed by atoms with Gasteiger partial charge < -0.3 is 15.8 Å². The summed E-state index contributed by atoms with van der Waals surface area (Å²) in [7, 11) is 1.34. The zero-order valence-electron chi connectivity index (χ0n) is 10.6. The first-order valence-corrected chi connectivity index (χ1v) is 5.93. The number of methoxy groups -OCH3 is 1. The third-order valence-electron chi connectivity index (χ3n) is 2.34. The Morgan fingerprint density at radius 2 is 2.22 bits per heavy atom. The average molecular weight is 273 g/mol. The van der Waals surface area contributed by atoms with Crippen LogP contribution in [0.1, 0.15) is 20.3 Å². The number of nitrogens with two attached hydrogens (primary N) is 1. The molecule has 1 unspecified atom stereocenters. The van der Waals surface area contributed by atoms with Crippen LogP contribution in [0, 0.1) is 5.92 Å². The number of carbonyl (C=O) groups excluding carboxylic acids is 1. The summed E-state index contributed by atoms with van der Waals surface area (Å²) < 4.78 is 4.74. The van der Waals surface area contributed by atoms with E-state index in [4.69, 9.17) is 22.1 Å². The van der Waals surface area contributed by atoms with Gasteiger partial charge in [0.1, 0.15) is 18.1 Å². The molecule has 1 aromatic heterocycles. The summed E-state index contributed by atoms with van der Waals surface area (Å²) in [5, 5.41) is 3.09. The zero-order chi connectivity index (χ0) is 13.7. The molecule has 0 aliphatic heterocycles. The molecule has 0 radical (unpaired) electrons. The van der Waals surface area contributed by atoms with E-state index >= 15 is 0 Å². The van der Waals surface area contributed by atoms with E-state index in [1.54, 1.807) is 0 Å². The normalized spacial score (nSPS) is 12.3. The minimum Gasteiger partial charge on any atom is -0.467 e. The maximum absolute atomic E-state index is 11.6. The van der Waals surface area contributed by atoms with Gasteiger partial charge in [-0.1, -0.05) is 25.4 Å². The molecular weight excluding hydrogens is 256 g/mol. The van der Waals surface area contributed by atoms with Crippen molar-refractivity contribution in [2.45, 2.75) is 26.3 Å². The van der Waals surface area contributed by atoms with Crippen LogP contribution in [-0.2, 0) is 9.53 Å². The molecule has 0 bridgehead atoms. The van der Waals surface area contributed by atoms with Gasteiger partial charge in [-0.05, 0) is 12.3 Å². The van der Waals surface area contributed by atoms with Crippen molar-refractivity contribution in [3.63, 3.8) is 0 Å². The second kappa shape index (κ2) is 6.39.